The van der Waals surface area contributed by atoms with Crippen LogP contribution in [0.25, 0.3) is 0 Å². The summed E-state index contributed by atoms with van der Waals surface area (Å²) in [5.74, 6) is -1.30. The van der Waals surface area contributed by atoms with Crippen LogP contribution in [0.1, 0.15) is 5.56 Å². The average molecular weight is 296 g/mol. The molecular weight excluding hydrogens is 280 g/mol. The summed E-state index contributed by atoms with van der Waals surface area (Å²) in [5.41, 5.74) is 1.21. The van der Waals surface area contributed by atoms with Gasteiger partial charge in [-0.25, -0.2) is 4.79 Å². The van der Waals surface area contributed by atoms with Crippen molar-refractivity contribution in [3.05, 3.63) is 47.4 Å². The van der Waals surface area contributed by atoms with Gasteiger partial charge in [0.05, 0.1) is 0 Å². The Kier molecular flexibility index (Phi) is 4.92. The second kappa shape index (κ2) is 6.67. The Labute approximate surface area is 120 Å². The molecule has 0 amide bonds. The number of benzene rings is 1. The van der Waals surface area contributed by atoms with Crippen molar-refractivity contribution in [1.29, 1.82) is 0 Å². The van der Waals surface area contributed by atoms with Gasteiger partial charge in [-0.15, -0.1) is 0 Å². The average Bonchev–Trinajstić information content (AvgIpc) is 2.72. The van der Waals surface area contributed by atoms with E-state index in [-0.39, 0.29) is 0 Å². The Morgan fingerprint density at radius 3 is 2.55 bits per heavy atom. The van der Waals surface area contributed by atoms with Crippen molar-refractivity contribution in [2.24, 2.45) is 0 Å². The molecule has 1 aliphatic heterocycles. The number of carbonyl (C=O) groups is 1. The molecule has 108 valence electrons. The van der Waals surface area contributed by atoms with Gasteiger partial charge in [-0.2, -0.15) is 11.8 Å². The van der Waals surface area contributed by atoms with Crippen LogP contribution in [0.2, 0.25) is 0 Å². The lowest BCUT2D eigenvalue weighted by atomic mass is 10.2. The molecule has 0 radical (unpaired) electrons. The normalized spacial score (nSPS) is 20.1. The topological polar surface area (TPSA) is 87.0 Å². The van der Waals surface area contributed by atoms with E-state index in [1.54, 1.807) is 0 Å². The Morgan fingerprint density at radius 1 is 1.25 bits per heavy atom. The number of thioether (sulfide) groups is 1. The number of aliphatic hydroxyl groups is 3. The third kappa shape index (κ3) is 3.46. The molecule has 0 fully saturated rings. The summed E-state index contributed by atoms with van der Waals surface area (Å²) in [5, 5.41) is 28.4. The van der Waals surface area contributed by atoms with Crippen LogP contribution in [0.15, 0.2) is 41.9 Å². The van der Waals surface area contributed by atoms with Crippen LogP contribution < -0.4 is 0 Å². The van der Waals surface area contributed by atoms with Crippen molar-refractivity contribution in [2.45, 2.75) is 18.6 Å². The number of carbonyl (C=O) groups excluding carboxylic acids is 1. The standard InChI is InChI=1S/C14H16O5S/c15-10(13-11(16)12(17)14(18)19-13)8-20-7-6-9-4-2-1-3-5-9/h1-5,10,13,15-17H,6-8H2/t10-,13+/m0/s1. The van der Waals surface area contributed by atoms with Gasteiger partial charge in [0.25, 0.3) is 0 Å². The zero-order chi connectivity index (χ0) is 14.5. The van der Waals surface area contributed by atoms with E-state index in [9.17, 15) is 15.0 Å². The molecule has 6 heteroatoms. The van der Waals surface area contributed by atoms with Crippen molar-refractivity contribution >= 4 is 17.7 Å². The fourth-order valence-electron chi connectivity index (χ4n) is 1.85. The van der Waals surface area contributed by atoms with Gasteiger partial charge in [-0.3, -0.25) is 0 Å². The van der Waals surface area contributed by atoms with Crippen LogP contribution in [0.3, 0.4) is 0 Å². The molecule has 2 atom stereocenters. The predicted molar refractivity (Wildman–Crippen MR) is 75.6 cm³/mol. The van der Waals surface area contributed by atoms with E-state index in [1.165, 1.54) is 17.3 Å². The molecule has 0 spiro atoms. The first-order valence-corrected chi connectivity index (χ1v) is 7.38. The molecule has 5 nitrogen and oxygen atoms in total. The molecule has 1 heterocycles. The summed E-state index contributed by atoms with van der Waals surface area (Å²) in [4.78, 5) is 11.0. The van der Waals surface area contributed by atoms with E-state index in [1.807, 2.05) is 30.3 Å². The highest BCUT2D eigenvalue weighted by Gasteiger charge is 2.38. The summed E-state index contributed by atoms with van der Waals surface area (Å²) in [6, 6.07) is 9.96. The number of rotatable bonds is 6. The van der Waals surface area contributed by atoms with E-state index in [2.05, 4.69) is 4.74 Å². The maximum atomic E-state index is 11.0. The van der Waals surface area contributed by atoms with Gasteiger partial charge in [-0.1, -0.05) is 30.3 Å². The van der Waals surface area contributed by atoms with Gasteiger partial charge in [0, 0.05) is 5.75 Å². The van der Waals surface area contributed by atoms with Gasteiger partial charge >= 0.3 is 5.97 Å². The van der Waals surface area contributed by atoms with Crippen molar-refractivity contribution in [2.75, 3.05) is 11.5 Å². The lowest BCUT2D eigenvalue weighted by Gasteiger charge is -2.16. The summed E-state index contributed by atoms with van der Waals surface area (Å²) in [6.45, 7) is 0. The van der Waals surface area contributed by atoms with Gasteiger partial charge in [-0.05, 0) is 17.7 Å². The molecule has 3 N–H and O–H groups in total. The number of esters is 1. The highest BCUT2D eigenvalue weighted by molar-refractivity contribution is 7.99. The first-order valence-electron chi connectivity index (χ1n) is 6.22. The minimum atomic E-state index is -1.16. The molecule has 2 rings (SSSR count). The van der Waals surface area contributed by atoms with Crippen LogP contribution in [-0.2, 0) is 16.0 Å². The zero-order valence-corrected chi connectivity index (χ0v) is 11.5. The van der Waals surface area contributed by atoms with Crippen LogP contribution >= 0.6 is 11.8 Å². The summed E-state index contributed by atoms with van der Waals surface area (Å²) >= 11 is 1.49. The molecule has 0 saturated heterocycles. The first kappa shape index (κ1) is 14.7. The minimum Gasteiger partial charge on any atom is -0.505 e. The van der Waals surface area contributed by atoms with E-state index < -0.39 is 29.7 Å². The molecule has 0 aromatic heterocycles. The molecular formula is C14H16O5S. The predicted octanol–water partition coefficient (Wildman–Crippen LogP) is 1.58. The largest absolute Gasteiger partial charge is 0.505 e. The molecule has 20 heavy (non-hydrogen) atoms. The summed E-state index contributed by atoms with van der Waals surface area (Å²) in [6.07, 6.45) is -1.33. The van der Waals surface area contributed by atoms with E-state index >= 15 is 0 Å². The van der Waals surface area contributed by atoms with Crippen molar-refractivity contribution in [3.63, 3.8) is 0 Å². The number of cyclic esters (lactones) is 1. The minimum absolute atomic E-state index is 0.308. The SMILES string of the molecule is O=C1O[C@H]([C@@H](O)CSCCc2ccccc2)C(O)=C1O. The highest BCUT2D eigenvalue weighted by Crippen LogP contribution is 2.23. The second-order valence-corrected chi connectivity index (χ2v) is 5.59. The Morgan fingerprint density at radius 2 is 1.95 bits per heavy atom. The Balaban J connectivity index is 1.74. The lowest BCUT2D eigenvalue weighted by molar-refractivity contribution is -0.146. The molecule has 0 unspecified atom stereocenters. The third-order valence-electron chi connectivity index (χ3n) is 2.96. The molecule has 0 saturated carbocycles. The first-order chi connectivity index (χ1) is 9.59. The molecule has 1 aromatic carbocycles. The number of aliphatic hydroxyl groups excluding tert-OH is 3. The van der Waals surface area contributed by atoms with E-state index in [4.69, 9.17) is 5.11 Å². The second-order valence-electron chi connectivity index (χ2n) is 4.44. The Bertz CT molecular complexity index is 500. The van der Waals surface area contributed by atoms with Crippen molar-refractivity contribution in [1.82, 2.24) is 0 Å². The van der Waals surface area contributed by atoms with Crippen LogP contribution in [0.4, 0.5) is 0 Å². The monoisotopic (exact) mass is 296 g/mol. The number of ether oxygens (including phenoxy) is 1. The van der Waals surface area contributed by atoms with E-state index in [0.717, 1.165) is 12.2 Å². The van der Waals surface area contributed by atoms with Crippen LogP contribution in [0, 0.1) is 0 Å². The molecule has 0 bridgehead atoms. The Hall–Kier alpha value is -1.66. The van der Waals surface area contributed by atoms with Gasteiger partial charge in [0.1, 0.15) is 6.10 Å². The smallest absolute Gasteiger partial charge is 0.377 e. The third-order valence-corrected chi connectivity index (χ3v) is 4.03. The van der Waals surface area contributed by atoms with Gasteiger partial charge in [0.2, 0.25) is 5.76 Å². The lowest BCUT2D eigenvalue weighted by Crippen LogP contribution is -2.30. The maximum Gasteiger partial charge on any atom is 0.377 e. The van der Waals surface area contributed by atoms with E-state index in [0.29, 0.717) is 5.75 Å². The summed E-state index contributed by atoms with van der Waals surface area (Å²) < 4.78 is 4.69. The molecule has 1 aliphatic rings. The highest BCUT2D eigenvalue weighted by atomic mass is 32.2. The summed E-state index contributed by atoms with van der Waals surface area (Å²) in [7, 11) is 0. The molecule has 1 aromatic rings. The zero-order valence-electron chi connectivity index (χ0n) is 10.7. The van der Waals surface area contributed by atoms with Crippen molar-refractivity contribution in [3.8, 4) is 0 Å². The van der Waals surface area contributed by atoms with Crippen LogP contribution in [-0.4, -0.2) is 45.0 Å². The van der Waals surface area contributed by atoms with Crippen LogP contribution in [0.5, 0.6) is 0 Å². The van der Waals surface area contributed by atoms with Gasteiger partial charge < -0.3 is 20.1 Å². The van der Waals surface area contributed by atoms with Crippen molar-refractivity contribution < 1.29 is 24.9 Å². The fraction of sp³-hybridized carbons (Fsp3) is 0.357. The quantitative estimate of drug-likeness (QED) is 0.546. The maximum absolute atomic E-state index is 11.0. The fourth-order valence-corrected chi connectivity index (χ4v) is 2.82. The number of aryl methyl sites for hydroxylation is 1. The number of hydrogen-bond acceptors (Lipinski definition) is 6. The number of hydrogen-bond donors (Lipinski definition) is 3. The molecule has 0 aliphatic carbocycles. The van der Waals surface area contributed by atoms with Gasteiger partial charge in [0.15, 0.2) is 11.9 Å².